The summed E-state index contributed by atoms with van der Waals surface area (Å²) in [6.07, 6.45) is 3.18. The van der Waals surface area contributed by atoms with Crippen LogP contribution in [0.3, 0.4) is 0 Å². The second-order valence-corrected chi connectivity index (χ2v) is 7.59. The molecule has 2 N–H and O–H groups in total. The molecule has 1 heterocycles. The Morgan fingerprint density at radius 3 is 2.76 bits per heavy atom. The van der Waals surface area contributed by atoms with Crippen molar-refractivity contribution in [2.45, 2.75) is 33.1 Å². The first-order chi connectivity index (χ1) is 9.97. The van der Waals surface area contributed by atoms with Crippen LogP contribution in [0.5, 0.6) is 0 Å². The SMILES string of the molecule is C=C1C(C)(C)[C@H]2CC[C@]1(C(=O)NCC[NH+]1CCOCC1)C2. The van der Waals surface area contributed by atoms with Gasteiger partial charge in [-0.05, 0) is 30.6 Å². The third kappa shape index (κ3) is 2.42. The van der Waals surface area contributed by atoms with Crippen molar-refractivity contribution in [1.29, 1.82) is 0 Å². The number of carbonyl (C=O) groups is 1. The summed E-state index contributed by atoms with van der Waals surface area (Å²) in [7, 11) is 0. The summed E-state index contributed by atoms with van der Waals surface area (Å²) in [5, 5.41) is 3.20. The summed E-state index contributed by atoms with van der Waals surface area (Å²) in [5.74, 6) is 0.869. The third-order valence-electron chi connectivity index (χ3n) is 6.29. The van der Waals surface area contributed by atoms with Gasteiger partial charge >= 0.3 is 0 Å². The second kappa shape index (κ2) is 5.40. The quantitative estimate of drug-likeness (QED) is 0.737. The molecular formula is C17H29N2O2+. The van der Waals surface area contributed by atoms with E-state index in [2.05, 4.69) is 25.7 Å². The molecule has 1 saturated heterocycles. The highest BCUT2D eigenvalue weighted by Crippen LogP contribution is 2.65. The number of quaternary nitrogens is 1. The first-order valence-electron chi connectivity index (χ1n) is 8.36. The van der Waals surface area contributed by atoms with Crippen molar-refractivity contribution in [2.75, 3.05) is 39.4 Å². The summed E-state index contributed by atoms with van der Waals surface area (Å²) < 4.78 is 5.36. The predicted molar refractivity (Wildman–Crippen MR) is 82.1 cm³/mol. The molecule has 0 unspecified atom stereocenters. The van der Waals surface area contributed by atoms with Crippen molar-refractivity contribution in [3.63, 3.8) is 0 Å². The highest BCUT2D eigenvalue weighted by Gasteiger charge is 2.60. The van der Waals surface area contributed by atoms with Crippen LogP contribution in [0, 0.1) is 16.7 Å². The van der Waals surface area contributed by atoms with Gasteiger partial charge in [-0.1, -0.05) is 26.0 Å². The molecule has 0 radical (unpaired) electrons. The van der Waals surface area contributed by atoms with Gasteiger partial charge in [-0.3, -0.25) is 4.79 Å². The molecule has 0 aromatic rings. The Labute approximate surface area is 127 Å². The standard InChI is InChI=1S/C17H28N2O2/c1-13-16(2,3)14-4-5-17(13,12-14)15(20)18-6-7-19-8-10-21-11-9-19/h14H,1,4-12H2,2-3H3,(H,18,20)/p+1/t14-,17-/m0/s1. The van der Waals surface area contributed by atoms with Crippen molar-refractivity contribution in [3.05, 3.63) is 12.2 Å². The lowest BCUT2D eigenvalue weighted by Gasteiger charge is -2.37. The number of ether oxygens (including phenoxy) is 1. The summed E-state index contributed by atoms with van der Waals surface area (Å²) in [5.41, 5.74) is 1.03. The summed E-state index contributed by atoms with van der Waals surface area (Å²) in [6, 6.07) is 0. The van der Waals surface area contributed by atoms with Crippen molar-refractivity contribution < 1.29 is 14.4 Å². The van der Waals surface area contributed by atoms with Gasteiger partial charge in [0.25, 0.3) is 0 Å². The third-order valence-corrected chi connectivity index (χ3v) is 6.29. The van der Waals surface area contributed by atoms with Gasteiger partial charge in [0.1, 0.15) is 13.1 Å². The van der Waals surface area contributed by atoms with Crippen LogP contribution in [0.1, 0.15) is 33.1 Å². The minimum Gasteiger partial charge on any atom is -0.370 e. The molecular weight excluding hydrogens is 264 g/mol. The van der Waals surface area contributed by atoms with Crippen LogP contribution in [0.2, 0.25) is 0 Å². The van der Waals surface area contributed by atoms with E-state index >= 15 is 0 Å². The van der Waals surface area contributed by atoms with Gasteiger partial charge in [0.05, 0.1) is 31.7 Å². The monoisotopic (exact) mass is 293 g/mol. The molecule has 118 valence electrons. The Kier molecular flexibility index (Phi) is 3.87. The molecule has 4 nitrogen and oxygen atoms in total. The predicted octanol–water partition coefficient (Wildman–Crippen LogP) is 0.400. The maximum atomic E-state index is 12.8. The highest BCUT2D eigenvalue weighted by molar-refractivity contribution is 5.87. The Bertz CT molecular complexity index is 440. The second-order valence-electron chi connectivity index (χ2n) is 7.59. The van der Waals surface area contributed by atoms with E-state index in [0.717, 1.165) is 52.2 Å². The molecule has 4 heteroatoms. The van der Waals surface area contributed by atoms with E-state index in [1.807, 2.05) is 0 Å². The van der Waals surface area contributed by atoms with Crippen LogP contribution >= 0.6 is 0 Å². The maximum absolute atomic E-state index is 12.8. The first-order valence-corrected chi connectivity index (χ1v) is 8.36. The van der Waals surface area contributed by atoms with Crippen LogP contribution in [0.4, 0.5) is 0 Å². The average Bonchev–Trinajstić information content (AvgIpc) is 3.00. The Hall–Kier alpha value is -0.870. The summed E-state index contributed by atoms with van der Waals surface area (Å²) in [4.78, 5) is 14.3. The minimum atomic E-state index is -0.269. The Balaban J connectivity index is 1.55. The molecule has 1 amide bonds. The number of nitrogens with one attached hydrogen (secondary N) is 2. The lowest BCUT2D eigenvalue weighted by atomic mass is 9.68. The molecule has 2 atom stereocenters. The molecule has 2 bridgehead atoms. The zero-order chi connectivity index (χ0) is 15.1. The lowest BCUT2D eigenvalue weighted by Crippen LogP contribution is -3.14. The van der Waals surface area contributed by atoms with Gasteiger partial charge in [-0.15, -0.1) is 0 Å². The van der Waals surface area contributed by atoms with Crippen molar-refractivity contribution >= 4 is 5.91 Å². The van der Waals surface area contributed by atoms with Gasteiger partial charge in [0.2, 0.25) is 5.91 Å². The zero-order valence-corrected chi connectivity index (χ0v) is 13.5. The van der Waals surface area contributed by atoms with Crippen molar-refractivity contribution in [1.82, 2.24) is 5.32 Å². The highest BCUT2D eigenvalue weighted by atomic mass is 16.5. The summed E-state index contributed by atoms with van der Waals surface area (Å²) in [6.45, 7) is 14.4. The minimum absolute atomic E-state index is 0.130. The van der Waals surface area contributed by atoms with Crippen LogP contribution in [0.15, 0.2) is 12.2 Å². The van der Waals surface area contributed by atoms with E-state index in [-0.39, 0.29) is 16.7 Å². The first kappa shape index (κ1) is 15.0. The normalized spacial score (nSPS) is 35.1. The van der Waals surface area contributed by atoms with Crippen LogP contribution in [-0.4, -0.2) is 45.3 Å². The van der Waals surface area contributed by atoms with Gasteiger partial charge in [0, 0.05) is 0 Å². The molecule has 0 aromatic heterocycles. The fourth-order valence-electron chi connectivity index (χ4n) is 4.57. The maximum Gasteiger partial charge on any atom is 0.230 e. The van der Waals surface area contributed by atoms with Crippen LogP contribution in [0.25, 0.3) is 0 Å². The Morgan fingerprint density at radius 1 is 1.43 bits per heavy atom. The average molecular weight is 293 g/mol. The number of amides is 1. The fraction of sp³-hybridized carbons (Fsp3) is 0.824. The Morgan fingerprint density at radius 2 is 2.14 bits per heavy atom. The molecule has 2 aliphatic carbocycles. The number of carbonyl (C=O) groups excluding carboxylic acids is 1. The molecule has 3 rings (SSSR count). The van der Waals surface area contributed by atoms with E-state index in [1.54, 1.807) is 0 Å². The molecule has 1 aliphatic heterocycles. The summed E-state index contributed by atoms with van der Waals surface area (Å²) >= 11 is 0. The molecule has 3 fully saturated rings. The molecule has 0 spiro atoms. The lowest BCUT2D eigenvalue weighted by molar-refractivity contribution is -0.906. The smallest absolute Gasteiger partial charge is 0.230 e. The van der Waals surface area contributed by atoms with E-state index in [4.69, 9.17) is 4.74 Å². The topological polar surface area (TPSA) is 42.8 Å². The van der Waals surface area contributed by atoms with E-state index in [9.17, 15) is 4.79 Å². The number of hydrogen-bond donors (Lipinski definition) is 2. The van der Waals surface area contributed by atoms with Gasteiger partial charge in [0.15, 0.2) is 0 Å². The van der Waals surface area contributed by atoms with Gasteiger partial charge in [-0.2, -0.15) is 0 Å². The molecule has 3 aliphatic rings. The number of morpholine rings is 1. The largest absolute Gasteiger partial charge is 0.370 e. The van der Waals surface area contributed by atoms with Gasteiger partial charge < -0.3 is 15.0 Å². The van der Waals surface area contributed by atoms with Crippen molar-refractivity contribution in [2.24, 2.45) is 16.7 Å². The number of hydrogen-bond acceptors (Lipinski definition) is 2. The van der Waals surface area contributed by atoms with Crippen LogP contribution in [-0.2, 0) is 9.53 Å². The molecule has 0 aromatic carbocycles. The van der Waals surface area contributed by atoms with E-state index < -0.39 is 0 Å². The molecule has 2 saturated carbocycles. The van der Waals surface area contributed by atoms with E-state index in [1.165, 1.54) is 16.9 Å². The van der Waals surface area contributed by atoms with Gasteiger partial charge in [-0.25, -0.2) is 0 Å². The number of fused-ring (bicyclic) bond motifs is 2. The molecule has 21 heavy (non-hydrogen) atoms. The zero-order valence-electron chi connectivity index (χ0n) is 13.5. The van der Waals surface area contributed by atoms with E-state index in [0.29, 0.717) is 5.92 Å². The fourth-order valence-corrected chi connectivity index (χ4v) is 4.57. The number of rotatable bonds is 4. The van der Waals surface area contributed by atoms with Crippen molar-refractivity contribution in [3.8, 4) is 0 Å². The van der Waals surface area contributed by atoms with Crippen LogP contribution < -0.4 is 10.2 Å².